The fraction of sp³-hybridized carbons (Fsp3) is 0.286. The summed E-state index contributed by atoms with van der Waals surface area (Å²) in [6, 6.07) is 12.9. The van der Waals surface area contributed by atoms with E-state index in [4.69, 9.17) is 4.74 Å². The van der Waals surface area contributed by atoms with Gasteiger partial charge in [0.25, 0.3) is 5.91 Å². The molecule has 0 radical (unpaired) electrons. The number of alkyl halides is 3. The van der Waals surface area contributed by atoms with Crippen molar-refractivity contribution < 1.29 is 22.7 Å². The molecule has 0 saturated heterocycles. The van der Waals surface area contributed by atoms with Gasteiger partial charge in [0.1, 0.15) is 11.5 Å². The molecule has 2 heterocycles. The van der Waals surface area contributed by atoms with Crippen LogP contribution in [-0.4, -0.2) is 34.6 Å². The lowest BCUT2D eigenvalue weighted by Crippen LogP contribution is -2.23. The van der Waals surface area contributed by atoms with E-state index in [0.717, 1.165) is 22.3 Å². The molecule has 0 aliphatic rings. The van der Waals surface area contributed by atoms with Crippen molar-refractivity contribution in [3.05, 3.63) is 77.1 Å². The average molecular weight is 511 g/mol. The maximum absolute atomic E-state index is 12.8. The first kappa shape index (κ1) is 26.1. The van der Waals surface area contributed by atoms with Crippen LogP contribution in [0, 0.1) is 20.8 Å². The number of anilines is 1. The van der Waals surface area contributed by atoms with Gasteiger partial charge in [-0.05, 0) is 62.6 Å². The van der Waals surface area contributed by atoms with Gasteiger partial charge in [0.2, 0.25) is 0 Å². The number of benzene rings is 2. The Morgan fingerprint density at radius 1 is 1.08 bits per heavy atom. The summed E-state index contributed by atoms with van der Waals surface area (Å²) in [6.45, 7) is 7.88. The Morgan fingerprint density at radius 3 is 2.57 bits per heavy atom. The lowest BCUT2D eigenvalue weighted by atomic mass is 10.0. The van der Waals surface area contributed by atoms with Crippen molar-refractivity contribution >= 4 is 17.2 Å². The van der Waals surface area contributed by atoms with Crippen LogP contribution in [0.15, 0.2) is 54.9 Å². The highest BCUT2D eigenvalue weighted by Crippen LogP contribution is 2.33. The zero-order valence-electron chi connectivity index (χ0n) is 21.2. The van der Waals surface area contributed by atoms with Gasteiger partial charge in [-0.2, -0.15) is 13.2 Å². The lowest BCUT2D eigenvalue weighted by Gasteiger charge is -2.15. The molecule has 0 aliphatic heterocycles. The molecular weight excluding hydrogens is 481 g/mol. The Hall–Kier alpha value is -4.01. The van der Waals surface area contributed by atoms with Crippen LogP contribution in [-0.2, 0) is 0 Å². The van der Waals surface area contributed by atoms with Gasteiger partial charge in [-0.15, -0.1) is 0 Å². The van der Waals surface area contributed by atoms with Crippen molar-refractivity contribution in [2.75, 3.05) is 18.4 Å². The Balaban J connectivity index is 1.77. The van der Waals surface area contributed by atoms with Crippen molar-refractivity contribution in [3.8, 4) is 22.8 Å². The largest absolute Gasteiger partial charge is 0.455 e. The van der Waals surface area contributed by atoms with Crippen LogP contribution < -0.4 is 15.4 Å². The molecular formula is C28H29F3N4O2. The molecule has 0 aliphatic carbocycles. The number of rotatable bonds is 8. The number of aromatic nitrogens is 2. The monoisotopic (exact) mass is 510 g/mol. The van der Waals surface area contributed by atoms with E-state index in [0.29, 0.717) is 40.6 Å². The van der Waals surface area contributed by atoms with Crippen molar-refractivity contribution in [1.29, 1.82) is 0 Å². The first-order chi connectivity index (χ1) is 17.6. The molecule has 0 saturated carbocycles. The molecule has 2 N–H and O–H groups in total. The second-order valence-corrected chi connectivity index (χ2v) is 8.91. The number of fused-ring (bicyclic) bond motifs is 1. The zero-order chi connectivity index (χ0) is 26.7. The highest BCUT2D eigenvalue weighted by molar-refractivity contribution is 5.96. The van der Waals surface area contributed by atoms with Gasteiger partial charge in [0.05, 0.1) is 30.2 Å². The number of pyridine rings is 1. The molecule has 194 valence electrons. The van der Waals surface area contributed by atoms with E-state index in [1.807, 2.05) is 58.0 Å². The quantitative estimate of drug-likeness (QED) is 0.273. The summed E-state index contributed by atoms with van der Waals surface area (Å²) in [5, 5.41) is 5.68. The molecule has 1 amide bonds. The molecule has 9 heteroatoms. The van der Waals surface area contributed by atoms with Gasteiger partial charge in [0.15, 0.2) is 5.65 Å². The van der Waals surface area contributed by atoms with Gasteiger partial charge in [0, 0.05) is 30.3 Å². The Bertz CT molecular complexity index is 1440. The first-order valence-electron chi connectivity index (χ1n) is 12.0. The van der Waals surface area contributed by atoms with E-state index in [1.165, 1.54) is 0 Å². The molecule has 4 aromatic rings. The van der Waals surface area contributed by atoms with Crippen LogP contribution in [0.1, 0.15) is 40.4 Å². The minimum absolute atomic E-state index is 0.148. The van der Waals surface area contributed by atoms with Crippen LogP contribution >= 0.6 is 0 Å². The molecule has 2 aromatic carbocycles. The summed E-state index contributed by atoms with van der Waals surface area (Å²) in [5.41, 5.74) is 5.82. The normalized spacial score (nSPS) is 11.5. The number of amides is 1. The number of nitrogens with zero attached hydrogens (tertiary/aromatic N) is 2. The minimum atomic E-state index is -4.28. The van der Waals surface area contributed by atoms with Crippen LogP contribution in [0.2, 0.25) is 0 Å². The van der Waals surface area contributed by atoms with Gasteiger partial charge in [-0.1, -0.05) is 18.2 Å². The molecule has 2 aromatic heterocycles. The molecule has 37 heavy (non-hydrogen) atoms. The summed E-state index contributed by atoms with van der Waals surface area (Å²) in [6.07, 6.45) is -1.83. The number of carbonyl (C=O) groups excluding carboxylic acids is 1. The molecule has 0 fully saturated rings. The second kappa shape index (κ2) is 10.5. The van der Waals surface area contributed by atoms with Crippen molar-refractivity contribution in [1.82, 2.24) is 14.7 Å². The zero-order valence-corrected chi connectivity index (χ0v) is 21.2. The van der Waals surface area contributed by atoms with E-state index in [1.54, 1.807) is 28.9 Å². The Morgan fingerprint density at radius 2 is 1.86 bits per heavy atom. The van der Waals surface area contributed by atoms with Crippen LogP contribution in [0.5, 0.6) is 11.5 Å². The third-order valence-corrected chi connectivity index (χ3v) is 6.19. The summed E-state index contributed by atoms with van der Waals surface area (Å²) in [5.74, 6) is 0.958. The summed E-state index contributed by atoms with van der Waals surface area (Å²) < 4.78 is 46.4. The van der Waals surface area contributed by atoms with E-state index in [2.05, 4.69) is 15.6 Å². The van der Waals surface area contributed by atoms with E-state index < -0.39 is 12.6 Å². The fourth-order valence-corrected chi connectivity index (χ4v) is 4.10. The number of carbonyl (C=O) groups is 1. The molecule has 6 nitrogen and oxygen atoms in total. The summed E-state index contributed by atoms with van der Waals surface area (Å²) >= 11 is 0. The number of aryl methyl sites for hydroxylation is 2. The lowest BCUT2D eigenvalue weighted by molar-refractivity contribution is -0.131. The molecule has 0 atom stereocenters. The smallest absolute Gasteiger partial charge is 0.390 e. The van der Waals surface area contributed by atoms with Crippen LogP contribution in [0.3, 0.4) is 0 Å². The number of ether oxygens (including phenoxy) is 1. The maximum atomic E-state index is 12.8. The molecule has 0 bridgehead atoms. The third-order valence-electron chi connectivity index (χ3n) is 6.19. The van der Waals surface area contributed by atoms with Crippen molar-refractivity contribution in [2.24, 2.45) is 0 Å². The third kappa shape index (κ3) is 5.87. The van der Waals surface area contributed by atoms with E-state index >= 15 is 0 Å². The van der Waals surface area contributed by atoms with Crippen LogP contribution in [0.4, 0.5) is 18.9 Å². The van der Waals surface area contributed by atoms with E-state index in [9.17, 15) is 18.0 Å². The topological polar surface area (TPSA) is 67.7 Å². The highest BCUT2D eigenvalue weighted by Gasteiger charge is 2.26. The Labute approximate surface area is 213 Å². The van der Waals surface area contributed by atoms with Gasteiger partial charge < -0.3 is 15.4 Å². The summed E-state index contributed by atoms with van der Waals surface area (Å²) in [4.78, 5) is 16.8. The maximum Gasteiger partial charge on any atom is 0.390 e. The molecule has 0 unspecified atom stereocenters. The van der Waals surface area contributed by atoms with Crippen molar-refractivity contribution in [3.63, 3.8) is 0 Å². The highest BCUT2D eigenvalue weighted by atomic mass is 19.4. The fourth-order valence-electron chi connectivity index (χ4n) is 4.10. The number of halogens is 3. The Kier molecular flexibility index (Phi) is 7.42. The number of imidazole rings is 1. The van der Waals surface area contributed by atoms with Gasteiger partial charge >= 0.3 is 6.18 Å². The predicted octanol–water partition coefficient (Wildman–Crippen LogP) is 6.83. The predicted molar refractivity (Wildman–Crippen MR) is 139 cm³/mol. The minimum Gasteiger partial charge on any atom is -0.455 e. The average Bonchev–Trinajstić information content (AvgIpc) is 3.25. The van der Waals surface area contributed by atoms with E-state index in [-0.39, 0.29) is 12.5 Å². The standard InChI is InChI=1S/C28H29F3N4O2/c1-5-32-27(36)22-10-9-20(13-18(22)3)24-15-34-26-23(33-12-11-28(29,30)31)14-21(16-35(24)26)37-25-8-6-7-17(2)19(25)4/h6-10,13-16,33H,5,11-12H2,1-4H3,(H,32,36). The number of hydrogen-bond donors (Lipinski definition) is 2. The number of hydrogen-bond acceptors (Lipinski definition) is 4. The second-order valence-electron chi connectivity index (χ2n) is 8.91. The summed E-state index contributed by atoms with van der Waals surface area (Å²) in [7, 11) is 0. The van der Waals surface area contributed by atoms with Crippen molar-refractivity contribution in [2.45, 2.75) is 40.3 Å². The SMILES string of the molecule is CCNC(=O)c1ccc(-c2cnc3c(NCCC(F)(F)F)cc(Oc4cccc(C)c4C)cn23)cc1C. The molecule has 4 rings (SSSR count). The van der Waals surface area contributed by atoms with Gasteiger partial charge in [-0.25, -0.2) is 4.98 Å². The first-order valence-corrected chi connectivity index (χ1v) is 12.0. The molecule has 0 spiro atoms. The van der Waals surface area contributed by atoms with Gasteiger partial charge in [-0.3, -0.25) is 9.20 Å². The number of nitrogens with one attached hydrogen (secondary N) is 2. The van der Waals surface area contributed by atoms with Crippen LogP contribution in [0.25, 0.3) is 16.9 Å².